The number of para-hydroxylation sites is 1. The molecule has 1 atom stereocenters. The van der Waals surface area contributed by atoms with E-state index in [0.29, 0.717) is 16.5 Å². The van der Waals surface area contributed by atoms with Crippen molar-refractivity contribution < 1.29 is 24.5 Å². The standard InChI is InChI=1S/C21H19NO5/c1-13(20(25)22(2)14-8-4-3-5-9-14)27-21(26)17-12-18(23)15-10-6-7-11-16(15)19(17)24/h3-13,23-24H,1-2H3/t13-/m1/s1. The van der Waals surface area contributed by atoms with Crippen molar-refractivity contribution in [3.8, 4) is 11.5 Å². The smallest absolute Gasteiger partial charge is 0.342 e. The number of hydrogen-bond acceptors (Lipinski definition) is 5. The van der Waals surface area contributed by atoms with Crippen LogP contribution in [-0.4, -0.2) is 35.2 Å². The van der Waals surface area contributed by atoms with Gasteiger partial charge in [-0.3, -0.25) is 4.79 Å². The molecule has 0 heterocycles. The van der Waals surface area contributed by atoms with Gasteiger partial charge in [-0.25, -0.2) is 4.79 Å². The quantitative estimate of drug-likeness (QED) is 0.546. The van der Waals surface area contributed by atoms with Gasteiger partial charge in [0, 0.05) is 23.5 Å². The number of amides is 1. The van der Waals surface area contributed by atoms with Gasteiger partial charge in [0.05, 0.1) is 0 Å². The Morgan fingerprint density at radius 1 is 0.963 bits per heavy atom. The normalized spacial score (nSPS) is 11.8. The van der Waals surface area contributed by atoms with Crippen molar-refractivity contribution in [2.24, 2.45) is 0 Å². The number of phenols is 2. The second-order valence-electron chi connectivity index (χ2n) is 6.12. The monoisotopic (exact) mass is 365 g/mol. The van der Waals surface area contributed by atoms with Crippen molar-refractivity contribution in [2.45, 2.75) is 13.0 Å². The van der Waals surface area contributed by atoms with Gasteiger partial charge in [-0.2, -0.15) is 0 Å². The van der Waals surface area contributed by atoms with Crippen LogP contribution in [0, 0.1) is 0 Å². The minimum absolute atomic E-state index is 0.157. The summed E-state index contributed by atoms with van der Waals surface area (Å²) in [7, 11) is 1.58. The van der Waals surface area contributed by atoms with Crippen molar-refractivity contribution in [1.82, 2.24) is 0 Å². The summed E-state index contributed by atoms with van der Waals surface area (Å²) < 4.78 is 5.22. The van der Waals surface area contributed by atoms with E-state index in [1.165, 1.54) is 11.8 Å². The predicted octanol–water partition coefficient (Wildman–Crippen LogP) is 3.46. The fourth-order valence-corrected chi connectivity index (χ4v) is 2.82. The number of carbonyl (C=O) groups is 2. The molecule has 0 bridgehead atoms. The molecule has 6 heteroatoms. The van der Waals surface area contributed by atoms with Crippen LogP contribution < -0.4 is 4.90 Å². The summed E-state index contributed by atoms with van der Waals surface area (Å²) in [6, 6.07) is 16.7. The van der Waals surface area contributed by atoms with E-state index < -0.39 is 18.0 Å². The number of phenolic OH excluding ortho intramolecular Hbond substituents is 2. The number of rotatable bonds is 4. The number of ether oxygens (including phenoxy) is 1. The van der Waals surface area contributed by atoms with Gasteiger partial charge in [0.2, 0.25) is 0 Å². The maximum atomic E-state index is 12.5. The molecule has 0 aliphatic rings. The Morgan fingerprint density at radius 2 is 1.56 bits per heavy atom. The van der Waals surface area contributed by atoms with Gasteiger partial charge in [-0.05, 0) is 25.1 Å². The lowest BCUT2D eigenvalue weighted by Gasteiger charge is -2.21. The first-order valence-electron chi connectivity index (χ1n) is 8.37. The predicted molar refractivity (Wildman–Crippen MR) is 102 cm³/mol. The highest BCUT2D eigenvalue weighted by molar-refractivity contribution is 6.05. The third-order valence-corrected chi connectivity index (χ3v) is 4.32. The molecule has 3 aromatic rings. The number of esters is 1. The third kappa shape index (κ3) is 3.55. The molecule has 1 amide bonds. The Hall–Kier alpha value is -3.54. The van der Waals surface area contributed by atoms with Crippen LogP contribution in [0.25, 0.3) is 10.8 Å². The molecule has 0 spiro atoms. The summed E-state index contributed by atoms with van der Waals surface area (Å²) in [5.74, 6) is -1.77. The van der Waals surface area contributed by atoms with Gasteiger partial charge in [-0.1, -0.05) is 42.5 Å². The Balaban J connectivity index is 1.82. The topological polar surface area (TPSA) is 87.1 Å². The van der Waals surface area contributed by atoms with E-state index in [1.807, 2.05) is 6.07 Å². The van der Waals surface area contributed by atoms with Gasteiger partial charge in [-0.15, -0.1) is 0 Å². The summed E-state index contributed by atoms with van der Waals surface area (Å²) in [5.41, 5.74) is 0.463. The second kappa shape index (κ2) is 7.37. The second-order valence-corrected chi connectivity index (χ2v) is 6.12. The van der Waals surface area contributed by atoms with Crippen molar-refractivity contribution in [1.29, 1.82) is 0 Å². The van der Waals surface area contributed by atoms with Crippen molar-refractivity contribution >= 4 is 28.3 Å². The molecule has 0 saturated carbocycles. The van der Waals surface area contributed by atoms with Gasteiger partial charge in [0.15, 0.2) is 6.10 Å². The average Bonchev–Trinajstić information content (AvgIpc) is 2.70. The maximum absolute atomic E-state index is 12.5. The van der Waals surface area contributed by atoms with Crippen molar-refractivity contribution in [3.63, 3.8) is 0 Å². The summed E-state index contributed by atoms with van der Waals surface area (Å²) >= 11 is 0. The lowest BCUT2D eigenvalue weighted by molar-refractivity contribution is -0.126. The summed E-state index contributed by atoms with van der Waals surface area (Å²) in [6.07, 6.45) is -1.07. The number of benzene rings is 3. The third-order valence-electron chi connectivity index (χ3n) is 4.32. The fraction of sp³-hybridized carbons (Fsp3) is 0.143. The number of likely N-dealkylation sites (N-methyl/N-ethyl adjacent to an activating group) is 1. The molecular weight excluding hydrogens is 346 g/mol. The maximum Gasteiger partial charge on any atom is 0.342 e. The van der Waals surface area contributed by atoms with E-state index in [-0.39, 0.29) is 17.1 Å². The highest BCUT2D eigenvalue weighted by Gasteiger charge is 2.25. The number of carbonyl (C=O) groups excluding carboxylic acids is 2. The molecule has 0 aromatic heterocycles. The Morgan fingerprint density at radius 3 is 2.22 bits per heavy atom. The van der Waals surface area contributed by atoms with Crippen LogP contribution in [0.2, 0.25) is 0 Å². The fourth-order valence-electron chi connectivity index (χ4n) is 2.82. The number of anilines is 1. The van der Waals surface area contributed by atoms with E-state index in [4.69, 9.17) is 4.74 Å². The summed E-state index contributed by atoms with van der Waals surface area (Å²) in [6.45, 7) is 1.46. The van der Waals surface area contributed by atoms with E-state index in [2.05, 4.69) is 0 Å². The lowest BCUT2D eigenvalue weighted by Crippen LogP contribution is -2.37. The van der Waals surface area contributed by atoms with Gasteiger partial charge >= 0.3 is 5.97 Å². The minimum Gasteiger partial charge on any atom is -0.507 e. The van der Waals surface area contributed by atoms with Gasteiger partial charge < -0.3 is 19.8 Å². The zero-order valence-corrected chi connectivity index (χ0v) is 14.9. The molecule has 3 aromatic carbocycles. The molecule has 2 N–H and O–H groups in total. The average molecular weight is 365 g/mol. The van der Waals surface area contributed by atoms with E-state index in [1.54, 1.807) is 55.6 Å². The van der Waals surface area contributed by atoms with Crippen molar-refractivity contribution in [2.75, 3.05) is 11.9 Å². The first-order chi connectivity index (χ1) is 12.9. The Kier molecular flexibility index (Phi) is 4.98. The van der Waals surface area contributed by atoms with Crippen LogP contribution in [0.5, 0.6) is 11.5 Å². The SMILES string of the molecule is C[C@@H](OC(=O)c1cc(O)c2ccccc2c1O)C(=O)N(C)c1ccccc1. The van der Waals surface area contributed by atoms with Crippen LogP contribution in [0.1, 0.15) is 17.3 Å². The molecule has 0 radical (unpaired) electrons. The Labute approximate surface area is 156 Å². The van der Waals surface area contributed by atoms with E-state index in [9.17, 15) is 19.8 Å². The molecule has 0 unspecified atom stereocenters. The molecule has 0 aliphatic heterocycles. The minimum atomic E-state index is -1.07. The molecule has 6 nitrogen and oxygen atoms in total. The highest BCUT2D eigenvalue weighted by atomic mass is 16.5. The lowest BCUT2D eigenvalue weighted by atomic mass is 10.0. The van der Waals surface area contributed by atoms with Crippen LogP contribution >= 0.6 is 0 Å². The zero-order valence-electron chi connectivity index (χ0n) is 14.9. The first kappa shape index (κ1) is 18.3. The van der Waals surface area contributed by atoms with E-state index in [0.717, 1.165) is 6.07 Å². The van der Waals surface area contributed by atoms with Crippen molar-refractivity contribution in [3.05, 3.63) is 66.2 Å². The molecule has 138 valence electrons. The molecular formula is C21H19NO5. The number of hydrogen-bond donors (Lipinski definition) is 2. The van der Waals surface area contributed by atoms with Gasteiger partial charge in [0.25, 0.3) is 5.91 Å². The number of aromatic hydroxyl groups is 2. The molecule has 0 fully saturated rings. The van der Waals surface area contributed by atoms with Crippen LogP contribution in [0.15, 0.2) is 60.7 Å². The number of nitrogens with zero attached hydrogens (tertiary/aromatic N) is 1. The summed E-state index contributed by atoms with van der Waals surface area (Å²) in [5, 5.41) is 21.2. The van der Waals surface area contributed by atoms with Crippen LogP contribution in [0.4, 0.5) is 5.69 Å². The van der Waals surface area contributed by atoms with Crippen LogP contribution in [0.3, 0.4) is 0 Å². The first-order valence-corrected chi connectivity index (χ1v) is 8.37. The molecule has 27 heavy (non-hydrogen) atoms. The Bertz CT molecular complexity index is 1000. The highest BCUT2D eigenvalue weighted by Crippen LogP contribution is 2.35. The molecule has 0 saturated heterocycles. The summed E-state index contributed by atoms with van der Waals surface area (Å²) in [4.78, 5) is 26.4. The molecule has 3 rings (SSSR count). The van der Waals surface area contributed by atoms with E-state index >= 15 is 0 Å². The number of fused-ring (bicyclic) bond motifs is 1. The molecule has 0 aliphatic carbocycles. The zero-order chi connectivity index (χ0) is 19.6. The van der Waals surface area contributed by atoms with Gasteiger partial charge in [0.1, 0.15) is 17.1 Å². The van der Waals surface area contributed by atoms with Crippen LogP contribution in [-0.2, 0) is 9.53 Å². The largest absolute Gasteiger partial charge is 0.507 e.